The van der Waals surface area contributed by atoms with E-state index in [-0.39, 0.29) is 29.3 Å². The van der Waals surface area contributed by atoms with Crippen molar-refractivity contribution in [3.8, 4) is 0 Å². The van der Waals surface area contributed by atoms with Crippen molar-refractivity contribution >= 4 is 5.91 Å². The molecule has 174 valence electrons. The molecule has 1 spiro atoms. The molecule has 1 aromatic heterocycles. The van der Waals surface area contributed by atoms with Gasteiger partial charge in [-0.3, -0.25) is 4.79 Å². The molecule has 7 heteroatoms. The highest BCUT2D eigenvalue weighted by atomic mass is 19.4. The molecular weight excluding hydrogens is 417 g/mol. The molecule has 32 heavy (non-hydrogen) atoms. The molecule has 2 atom stereocenters. The van der Waals surface area contributed by atoms with Crippen LogP contribution in [0.25, 0.3) is 0 Å². The summed E-state index contributed by atoms with van der Waals surface area (Å²) in [7, 11) is 0. The Bertz CT molecular complexity index is 945. The maximum absolute atomic E-state index is 13.2. The zero-order chi connectivity index (χ0) is 22.9. The van der Waals surface area contributed by atoms with Gasteiger partial charge in [0.1, 0.15) is 11.5 Å². The van der Waals surface area contributed by atoms with E-state index in [4.69, 9.17) is 4.42 Å². The van der Waals surface area contributed by atoms with Gasteiger partial charge in [0, 0.05) is 18.4 Å². The maximum atomic E-state index is 13.2. The number of likely N-dealkylation sites (tertiary alicyclic amines) is 1. The Morgan fingerprint density at radius 1 is 1.22 bits per heavy atom. The second kappa shape index (κ2) is 8.93. The lowest BCUT2D eigenvalue weighted by Crippen LogP contribution is -2.37. The standard InChI is InChI=1S/C25H31F3N2O2/c1-17(22-8-7-18(2)32-22)9-12-30-13-10-24(11-14-30)15-21(24)23(31)29-16-19-5-3-4-6-20(19)25(26,27)28/h3-8,17,21H,9-16H2,1-2H3,(H,29,31). The van der Waals surface area contributed by atoms with Crippen LogP contribution in [0.3, 0.4) is 0 Å². The van der Waals surface area contributed by atoms with Crippen LogP contribution < -0.4 is 5.32 Å². The molecule has 0 bridgehead atoms. The molecule has 4 nitrogen and oxygen atoms in total. The van der Waals surface area contributed by atoms with Crippen molar-refractivity contribution in [2.24, 2.45) is 11.3 Å². The Hall–Kier alpha value is -2.28. The van der Waals surface area contributed by atoms with E-state index in [1.54, 1.807) is 6.07 Å². The van der Waals surface area contributed by atoms with Gasteiger partial charge in [-0.1, -0.05) is 25.1 Å². The van der Waals surface area contributed by atoms with Gasteiger partial charge >= 0.3 is 6.18 Å². The van der Waals surface area contributed by atoms with E-state index in [0.29, 0.717) is 5.92 Å². The Morgan fingerprint density at radius 3 is 2.59 bits per heavy atom. The molecule has 1 aliphatic heterocycles. The number of halogens is 3. The summed E-state index contributed by atoms with van der Waals surface area (Å²) in [6, 6.07) is 9.47. The van der Waals surface area contributed by atoms with Crippen molar-refractivity contribution < 1.29 is 22.4 Å². The molecule has 2 unspecified atom stereocenters. The minimum Gasteiger partial charge on any atom is -0.466 e. The highest BCUT2D eigenvalue weighted by molar-refractivity contribution is 5.82. The number of aryl methyl sites for hydroxylation is 1. The second-order valence-corrected chi connectivity index (χ2v) is 9.47. The van der Waals surface area contributed by atoms with Crippen LogP contribution in [0.1, 0.15) is 61.2 Å². The van der Waals surface area contributed by atoms with E-state index >= 15 is 0 Å². The molecule has 0 radical (unpaired) electrons. The van der Waals surface area contributed by atoms with Crippen LogP contribution >= 0.6 is 0 Å². The fourth-order valence-corrected chi connectivity index (χ4v) is 4.99. The third kappa shape index (κ3) is 5.03. The van der Waals surface area contributed by atoms with E-state index in [1.807, 2.05) is 19.1 Å². The summed E-state index contributed by atoms with van der Waals surface area (Å²) in [5.41, 5.74) is -0.537. The van der Waals surface area contributed by atoms with Crippen LogP contribution in [0.2, 0.25) is 0 Å². The van der Waals surface area contributed by atoms with Crippen LogP contribution in [-0.2, 0) is 17.5 Å². The normalized spacial score (nSPS) is 21.5. The molecule has 1 amide bonds. The van der Waals surface area contributed by atoms with Crippen molar-refractivity contribution in [1.82, 2.24) is 10.2 Å². The number of carbonyl (C=O) groups is 1. The van der Waals surface area contributed by atoms with Crippen molar-refractivity contribution in [2.75, 3.05) is 19.6 Å². The molecule has 4 rings (SSSR count). The fraction of sp³-hybridized carbons (Fsp3) is 0.560. The number of amides is 1. The highest BCUT2D eigenvalue weighted by Gasteiger charge is 2.58. The largest absolute Gasteiger partial charge is 0.466 e. The number of nitrogens with one attached hydrogen (secondary N) is 1. The van der Waals surface area contributed by atoms with E-state index in [2.05, 4.69) is 17.1 Å². The SMILES string of the molecule is Cc1ccc(C(C)CCN2CCC3(CC2)CC3C(=O)NCc2ccccc2C(F)(F)F)o1. The van der Waals surface area contributed by atoms with E-state index in [9.17, 15) is 18.0 Å². The first-order valence-corrected chi connectivity index (χ1v) is 11.4. The van der Waals surface area contributed by atoms with Gasteiger partial charge in [-0.25, -0.2) is 0 Å². The molecule has 1 N–H and O–H groups in total. The Balaban J connectivity index is 1.22. The summed E-state index contributed by atoms with van der Waals surface area (Å²) in [6.45, 7) is 6.98. The number of alkyl halides is 3. The number of rotatable bonds is 7. The highest BCUT2D eigenvalue weighted by Crippen LogP contribution is 2.59. The smallest absolute Gasteiger partial charge is 0.416 e. The number of benzene rings is 1. The molecule has 1 aromatic carbocycles. The van der Waals surface area contributed by atoms with Crippen LogP contribution in [-0.4, -0.2) is 30.4 Å². The van der Waals surface area contributed by atoms with Crippen molar-refractivity contribution in [3.63, 3.8) is 0 Å². The third-order valence-electron chi connectivity index (χ3n) is 7.26. The van der Waals surface area contributed by atoms with Crippen LogP contribution in [0.4, 0.5) is 13.2 Å². The van der Waals surface area contributed by atoms with E-state index in [0.717, 1.165) is 62.9 Å². The molecule has 2 fully saturated rings. The van der Waals surface area contributed by atoms with Crippen LogP contribution in [0, 0.1) is 18.3 Å². The molecule has 2 aliphatic rings. The zero-order valence-electron chi connectivity index (χ0n) is 18.7. The predicted octanol–water partition coefficient (Wildman–Crippen LogP) is 5.52. The van der Waals surface area contributed by atoms with Gasteiger partial charge in [0.2, 0.25) is 5.91 Å². The van der Waals surface area contributed by atoms with Crippen LogP contribution in [0.5, 0.6) is 0 Å². The maximum Gasteiger partial charge on any atom is 0.416 e. The molecule has 1 saturated carbocycles. The average molecular weight is 449 g/mol. The lowest BCUT2D eigenvalue weighted by atomic mass is 9.90. The lowest BCUT2D eigenvalue weighted by Gasteiger charge is -2.33. The van der Waals surface area contributed by atoms with Gasteiger partial charge in [0.05, 0.1) is 5.56 Å². The van der Waals surface area contributed by atoms with Crippen LogP contribution in [0.15, 0.2) is 40.8 Å². The Labute approximate surface area is 187 Å². The predicted molar refractivity (Wildman–Crippen MR) is 116 cm³/mol. The first kappa shape index (κ1) is 22.9. The topological polar surface area (TPSA) is 45.5 Å². The van der Waals surface area contributed by atoms with Gasteiger partial charge in [0.25, 0.3) is 0 Å². The quantitative estimate of drug-likeness (QED) is 0.607. The van der Waals surface area contributed by atoms with Crippen molar-refractivity contribution in [1.29, 1.82) is 0 Å². The first-order valence-electron chi connectivity index (χ1n) is 11.4. The third-order valence-corrected chi connectivity index (χ3v) is 7.26. The van der Waals surface area contributed by atoms with E-state index in [1.165, 1.54) is 12.1 Å². The number of carbonyl (C=O) groups excluding carboxylic acids is 1. The van der Waals surface area contributed by atoms with Gasteiger partial charge in [-0.2, -0.15) is 13.2 Å². The first-order chi connectivity index (χ1) is 15.2. The number of nitrogens with zero attached hydrogens (tertiary/aromatic N) is 1. The zero-order valence-corrected chi connectivity index (χ0v) is 18.7. The monoisotopic (exact) mass is 448 g/mol. The number of piperidine rings is 1. The molecule has 1 aliphatic carbocycles. The molecule has 2 aromatic rings. The number of hydrogen-bond donors (Lipinski definition) is 1. The minimum atomic E-state index is -4.41. The van der Waals surface area contributed by atoms with E-state index < -0.39 is 11.7 Å². The number of furan rings is 1. The fourth-order valence-electron chi connectivity index (χ4n) is 4.99. The summed E-state index contributed by atoms with van der Waals surface area (Å²) in [5.74, 6) is 2.15. The Morgan fingerprint density at radius 2 is 1.94 bits per heavy atom. The lowest BCUT2D eigenvalue weighted by molar-refractivity contribution is -0.138. The summed E-state index contributed by atoms with van der Waals surface area (Å²) >= 11 is 0. The minimum absolute atomic E-state index is 0.0356. The average Bonchev–Trinajstić information content (AvgIpc) is 3.28. The molecule has 2 heterocycles. The van der Waals surface area contributed by atoms with Crippen molar-refractivity contribution in [3.05, 3.63) is 59.0 Å². The van der Waals surface area contributed by atoms with Gasteiger partial charge in [-0.15, -0.1) is 0 Å². The van der Waals surface area contributed by atoms with Gasteiger partial charge in [-0.05, 0) is 81.4 Å². The summed E-state index contributed by atoms with van der Waals surface area (Å²) < 4.78 is 45.2. The Kier molecular flexibility index (Phi) is 6.39. The summed E-state index contributed by atoms with van der Waals surface area (Å²) in [6.07, 6.45) is -0.600. The van der Waals surface area contributed by atoms with Crippen molar-refractivity contribution in [2.45, 2.75) is 58.2 Å². The molecule has 1 saturated heterocycles. The van der Waals surface area contributed by atoms with Gasteiger partial charge in [0.15, 0.2) is 0 Å². The van der Waals surface area contributed by atoms with Gasteiger partial charge < -0.3 is 14.6 Å². The summed E-state index contributed by atoms with van der Waals surface area (Å²) in [4.78, 5) is 15.1. The summed E-state index contributed by atoms with van der Waals surface area (Å²) in [5, 5.41) is 2.75. The number of hydrogen-bond acceptors (Lipinski definition) is 3. The molecular formula is C25H31F3N2O2. The second-order valence-electron chi connectivity index (χ2n) is 9.47.